The second-order valence-electron chi connectivity index (χ2n) is 4.80. The number of rotatable bonds is 3. The summed E-state index contributed by atoms with van der Waals surface area (Å²) in [6.45, 7) is 0.969. The number of hydrogen-bond acceptors (Lipinski definition) is 5. The fraction of sp³-hybridized carbons (Fsp3) is 0.429. The maximum Gasteiger partial charge on any atom is 0.407 e. The van der Waals surface area contributed by atoms with E-state index in [1.165, 1.54) is 14.2 Å². The van der Waals surface area contributed by atoms with Gasteiger partial charge in [-0.05, 0) is 18.6 Å². The first-order valence-electron chi connectivity index (χ1n) is 6.63. The van der Waals surface area contributed by atoms with Gasteiger partial charge in [-0.15, -0.1) is 0 Å². The Morgan fingerprint density at radius 3 is 2.81 bits per heavy atom. The number of carbonyl (C=O) groups excluding carboxylic acids is 2. The third kappa shape index (κ3) is 3.18. The number of benzene rings is 1. The molecule has 1 aromatic rings. The number of amides is 2. The van der Waals surface area contributed by atoms with E-state index in [4.69, 9.17) is 10.5 Å². The van der Waals surface area contributed by atoms with E-state index in [2.05, 4.69) is 10.1 Å². The van der Waals surface area contributed by atoms with E-state index in [0.717, 1.165) is 0 Å². The standard InChI is InChI=1S/C14H19N3O4/c1-20-11-5-3-4-10(15)12(11)13(18)17-7-6-9(8-17)16-14(19)21-2/h3-5,9H,6-8,15H2,1-2H3,(H,16,19). The van der Waals surface area contributed by atoms with Crippen LogP contribution in [0.3, 0.4) is 0 Å². The average molecular weight is 293 g/mol. The number of hydrogen-bond donors (Lipinski definition) is 2. The number of likely N-dealkylation sites (tertiary alicyclic amines) is 1. The van der Waals surface area contributed by atoms with Gasteiger partial charge in [0.1, 0.15) is 11.3 Å². The van der Waals surface area contributed by atoms with Crippen LogP contribution in [0.15, 0.2) is 18.2 Å². The number of anilines is 1. The van der Waals surface area contributed by atoms with Gasteiger partial charge in [-0.2, -0.15) is 0 Å². The molecule has 1 unspecified atom stereocenters. The smallest absolute Gasteiger partial charge is 0.407 e. The van der Waals surface area contributed by atoms with Crippen LogP contribution >= 0.6 is 0 Å². The number of alkyl carbamates (subject to hydrolysis) is 1. The van der Waals surface area contributed by atoms with Crippen LogP contribution in [-0.2, 0) is 4.74 Å². The molecule has 1 saturated heterocycles. The number of ether oxygens (including phenoxy) is 2. The fourth-order valence-electron chi connectivity index (χ4n) is 2.39. The first-order valence-corrected chi connectivity index (χ1v) is 6.63. The third-order valence-electron chi connectivity index (χ3n) is 3.48. The summed E-state index contributed by atoms with van der Waals surface area (Å²) < 4.78 is 9.75. The lowest BCUT2D eigenvalue weighted by molar-refractivity contribution is 0.0786. The van der Waals surface area contributed by atoms with Crippen LogP contribution in [0.5, 0.6) is 5.75 Å². The lowest BCUT2D eigenvalue weighted by Crippen LogP contribution is -2.38. The van der Waals surface area contributed by atoms with E-state index in [9.17, 15) is 9.59 Å². The first kappa shape index (κ1) is 15.0. The molecule has 2 rings (SSSR count). The van der Waals surface area contributed by atoms with Crippen LogP contribution in [0.25, 0.3) is 0 Å². The number of methoxy groups -OCH3 is 2. The second kappa shape index (κ2) is 6.34. The summed E-state index contributed by atoms with van der Waals surface area (Å²) in [5.41, 5.74) is 6.62. The van der Waals surface area contributed by atoms with Crippen molar-refractivity contribution >= 4 is 17.7 Å². The molecule has 1 aliphatic heterocycles. The van der Waals surface area contributed by atoms with Gasteiger partial charge >= 0.3 is 6.09 Å². The van der Waals surface area contributed by atoms with E-state index in [0.29, 0.717) is 36.5 Å². The first-order chi connectivity index (χ1) is 10.1. The quantitative estimate of drug-likeness (QED) is 0.806. The predicted octanol–water partition coefficient (Wildman–Crippen LogP) is 0.848. The fourth-order valence-corrected chi connectivity index (χ4v) is 2.39. The van der Waals surface area contributed by atoms with Crippen molar-refractivity contribution in [1.29, 1.82) is 0 Å². The van der Waals surface area contributed by atoms with Gasteiger partial charge in [-0.3, -0.25) is 4.79 Å². The molecule has 0 saturated carbocycles. The molecule has 114 valence electrons. The van der Waals surface area contributed by atoms with Crippen molar-refractivity contribution in [3.05, 3.63) is 23.8 Å². The van der Waals surface area contributed by atoms with Gasteiger partial charge in [0.15, 0.2) is 0 Å². The number of nitrogens with two attached hydrogens (primary N) is 1. The minimum absolute atomic E-state index is 0.114. The Hall–Kier alpha value is -2.44. The number of nitrogens with one attached hydrogen (secondary N) is 1. The largest absolute Gasteiger partial charge is 0.496 e. The molecule has 0 aromatic heterocycles. The van der Waals surface area contributed by atoms with Crippen LogP contribution in [0.2, 0.25) is 0 Å². The molecule has 1 aromatic carbocycles. The summed E-state index contributed by atoms with van der Waals surface area (Å²) in [7, 11) is 2.81. The van der Waals surface area contributed by atoms with E-state index < -0.39 is 6.09 Å². The van der Waals surface area contributed by atoms with Crippen molar-refractivity contribution in [2.75, 3.05) is 33.0 Å². The molecule has 0 bridgehead atoms. The highest BCUT2D eigenvalue weighted by Crippen LogP contribution is 2.27. The normalized spacial score (nSPS) is 17.4. The van der Waals surface area contributed by atoms with Gasteiger partial charge in [0.05, 0.1) is 20.3 Å². The minimum Gasteiger partial charge on any atom is -0.496 e. The molecule has 7 nitrogen and oxygen atoms in total. The maximum absolute atomic E-state index is 12.6. The zero-order valence-corrected chi connectivity index (χ0v) is 12.1. The molecular weight excluding hydrogens is 274 g/mol. The molecule has 0 aliphatic carbocycles. The second-order valence-corrected chi connectivity index (χ2v) is 4.80. The predicted molar refractivity (Wildman–Crippen MR) is 77.3 cm³/mol. The topological polar surface area (TPSA) is 93.9 Å². The van der Waals surface area contributed by atoms with Gasteiger partial charge in [0.2, 0.25) is 0 Å². The van der Waals surface area contributed by atoms with Gasteiger partial charge in [-0.25, -0.2) is 4.79 Å². The van der Waals surface area contributed by atoms with Crippen LogP contribution in [0.4, 0.5) is 10.5 Å². The molecular formula is C14H19N3O4. The summed E-state index contributed by atoms with van der Waals surface area (Å²) in [5.74, 6) is 0.253. The highest BCUT2D eigenvalue weighted by atomic mass is 16.5. The van der Waals surface area contributed by atoms with Crippen molar-refractivity contribution in [3.63, 3.8) is 0 Å². The van der Waals surface area contributed by atoms with E-state index in [1.54, 1.807) is 23.1 Å². The monoisotopic (exact) mass is 293 g/mol. The molecule has 1 aliphatic rings. The molecule has 3 N–H and O–H groups in total. The van der Waals surface area contributed by atoms with Gasteiger partial charge in [-0.1, -0.05) is 6.07 Å². The summed E-state index contributed by atoms with van der Waals surface area (Å²) in [5, 5.41) is 2.69. The number of carbonyl (C=O) groups is 2. The highest BCUT2D eigenvalue weighted by molar-refractivity contribution is 6.02. The van der Waals surface area contributed by atoms with Crippen LogP contribution in [-0.4, -0.2) is 50.3 Å². The Morgan fingerprint density at radius 2 is 2.14 bits per heavy atom. The maximum atomic E-state index is 12.6. The van der Waals surface area contributed by atoms with Gasteiger partial charge in [0.25, 0.3) is 5.91 Å². The van der Waals surface area contributed by atoms with Crippen molar-refractivity contribution in [2.45, 2.75) is 12.5 Å². The van der Waals surface area contributed by atoms with Crippen LogP contribution in [0.1, 0.15) is 16.8 Å². The van der Waals surface area contributed by atoms with Crippen LogP contribution in [0, 0.1) is 0 Å². The van der Waals surface area contributed by atoms with Crippen molar-refractivity contribution in [2.24, 2.45) is 0 Å². The summed E-state index contributed by atoms with van der Waals surface area (Å²) >= 11 is 0. The third-order valence-corrected chi connectivity index (χ3v) is 3.48. The zero-order valence-electron chi connectivity index (χ0n) is 12.1. The van der Waals surface area contributed by atoms with Crippen LogP contribution < -0.4 is 15.8 Å². The molecule has 0 radical (unpaired) electrons. The molecule has 1 fully saturated rings. The van der Waals surface area contributed by atoms with Gasteiger partial charge < -0.3 is 25.4 Å². The lowest BCUT2D eigenvalue weighted by Gasteiger charge is -2.19. The Kier molecular flexibility index (Phi) is 4.52. The Bertz CT molecular complexity index is 547. The molecule has 7 heteroatoms. The Balaban J connectivity index is 2.10. The molecule has 1 atom stereocenters. The molecule has 0 spiro atoms. The SMILES string of the molecule is COC(=O)NC1CCN(C(=O)c2c(N)cccc2OC)C1. The average Bonchev–Trinajstić information content (AvgIpc) is 2.94. The minimum atomic E-state index is -0.494. The van der Waals surface area contributed by atoms with E-state index in [-0.39, 0.29) is 11.9 Å². The zero-order chi connectivity index (χ0) is 15.4. The Morgan fingerprint density at radius 1 is 1.38 bits per heavy atom. The van der Waals surface area contributed by atoms with Gasteiger partial charge in [0, 0.05) is 18.8 Å². The van der Waals surface area contributed by atoms with Crippen molar-refractivity contribution < 1.29 is 19.1 Å². The molecule has 2 amide bonds. The summed E-state index contributed by atoms with van der Waals surface area (Å²) in [6.07, 6.45) is 0.182. The Labute approximate surface area is 123 Å². The summed E-state index contributed by atoms with van der Waals surface area (Å²) in [6, 6.07) is 4.98. The lowest BCUT2D eigenvalue weighted by atomic mass is 10.1. The number of nitrogens with zero attached hydrogens (tertiary/aromatic N) is 1. The molecule has 1 heterocycles. The highest BCUT2D eigenvalue weighted by Gasteiger charge is 2.30. The van der Waals surface area contributed by atoms with E-state index in [1.807, 2.05) is 0 Å². The molecule has 21 heavy (non-hydrogen) atoms. The van der Waals surface area contributed by atoms with E-state index >= 15 is 0 Å². The summed E-state index contributed by atoms with van der Waals surface area (Å²) in [4.78, 5) is 25.4. The number of nitrogen functional groups attached to an aromatic ring is 1. The van der Waals surface area contributed by atoms with Crippen molar-refractivity contribution in [1.82, 2.24) is 10.2 Å². The van der Waals surface area contributed by atoms with Crippen molar-refractivity contribution in [3.8, 4) is 5.75 Å².